The van der Waals surface area contributed by atoms with E-state index < -0.39 is 6.04 Å². The predicted molar refractivity (Wildman–Crippen MR) is 124 cm³/mol. The Morgan fingerprint density at radius 1 is 1.00 bits per heavy atom. The van der Waals surface area contributed by atoms with Crippen molar-refractivity contribution >= 4 is 17.6 Å². The van der Waals surface area contributed by atoms with Crippen molar-refractivity contribution in [1.82, 2.24) is 10.2 Å². The molecule has 1 aliphatic carbocycles. The zero-order chi connectivity index (χ0) is 22.1. The van der Waals surface area contributed by atoms with Gasteiger partial charge in [-0.2, -0.15) is 0 Å². The molecule has 0 spiro atoms. The zero-order valence-electron chi connectivity index (χ0n) is 18.7. The largest absolute Gasteiger partial charge is 0.337 e. The fraction of sp³-hybridized carbons (Fsp3) is 0.462. The standard InChI is InChI=1S/C26H33N3O2/c1-25(2)15-21-16-26(3,17-25)18-29(21)23(30)22(14-19-10-6-4-7-11-19)28-24(31)27-20-12-8-5-9-13-20/h4-13,21-22H,14-18H2,1-3H3,(H2,27,28,31). The molecule has 2 fully saturated rings. The molecule has 1 aliphatic heterocycles. The molecule has 5 heteroatoms. The number of hydrogen-bond donors (Lipinski definition) is 2. The van der Waals surface area contributed by atoms with Gasteiger partial charge >= 0.3 is 6.03 Å². The Morgan fingerprint density at radius 3 is 2.32 bits per heavy atom. The summed E-state index contributed by atoms with van der Waals surface area (Å²) in [5.41, 5.74) is 2.14. The Kier molecular flexibility index (Phi) is 5.78. The SMILES string of the molecule is CC1(C)CC2CC(C)(CN2C(=O)C(Cc2ccccc2)NC(=O)Nc2ccccc2)C1. The van der Waals surface area contributed by atoms with Crippen LogP contribution in [0.2, 0.25) is 0 Å². The quantitative estimate of drug-likeness (QED) is 0.728. The summed E-state index contributed by atoms with van der Waals surface area (Å²) in [6, 6.07) is 18.5. The van der Waals surface area contributed by atoms with Gasteiger partial charge in [-0.25, -0.2) is 4.79 Å². The van der Waals surface area contributed by atoms with Crippen molar-refractivity contribution in [3.8, 4) is 0 Å². The first-order valence-corrected chi connectivity index (χ1v) is 11.2. The van der Waals surface area contributed by atoms with Crippen LogP contribution < -0.4 is 10.6 Å². The van der Waals surface area contributed by atoms with E-state index >= 15 is 0 Å². The van der Waals surface area contributed by atoms with Crippen LogP contribution >= 0.6 is 0 Å². The lowest BCUT2D eigenvalue weighted by atomic mass is 9.65. The van der Waals surface area contributed by atoms with E-state index in [4.69, 9.17) is 0 Å². The lowest BCUT2D eigenvalue weighted by Crippen LogP contribution is -2.52. The highest BCUT2D eigenvalue weighted by molar-refractivity contribution is 5.94. The molecule has 2 bridgehead atoms. The van der Waals surface area contributed by atoms with Gasteiger partial charge in [-0.15, -0.1) is 0 Å². The number of para-hydroxylation sites is 1. The Bertz CT molecular complexity index is 928. The van der Waals surface area contributed by atoms with E-state index in [0.717, 1.165) is 31.4 Å². The maximum atomic E-state index is 13.7. The number of hydrogen-bond acceptors (Lipinski definition) is 2. The Morgan fingerprint density at radius 2 is 1.65 bits per heavy atom. The van der Waals surface area contributed by atoms with Crippen molar-refractivity contribution < 1.29 is 9.59 Å². The van der Waals surface area contributed by atoms with Crippen LogP contribution in [0.25, 0.3) is 0 Å². The summed E-state index contributed by atoms with van der Waals surface area (Å²) in [4.78, 5) is 28.5. The first kappa shape index (κ1) is 21.4. The van der Waals surface area contributed by atoms with Crippen molar-refractivity contribution in [2.45, 2.75) is 58.5 Å². The number of likely N-dealkylation sites (tertiary alicyclic amines) is 1. The third kappa shape index (κ3) is 5.09. The van der Waals surface area contributed by atoms with Crippen LogP contribution in [0.5, 0.6) is 0 Å². The van der Waals surface area contributed by atoms with E-state index in [9.17, 15) is 9.59 Å². The molecule has 1 saturated heterocycles. The lowest BCUT2D eigenvalue weighted by molar-refractivity contribution is -0.134. The summed E-state index contributed by atoms with van der Waals surface area (Å²) in [5, 5.41) is 5.81. The van der Waals surface area contributed by atoms with Gasteiger partial charge < -0.3 is 15.5 Å². The van der Waals surface area contributed by atoms with Gasteiger partial charge in [0, 0.05) is 24.7 Å². The molecular formula is C26H33N3O2. The molecule has 0 radical (unpaired) electrons. The van der Waals surface area contributed by atoms with Crippen molar-refractivity contribution in [2.24, 2.45) is 10.8 Å². The third-order valence-corrected chi connectivity index (χ3v) is 6.62. The number of carbonyl (C=O) groups excluding carboxylic acids is 2. The predicted octanol–water partition coefficient (Wildman–Crippen LogP) is 4.85. The number of rotatable bonds is 5. The maximum absolute atomic E-state index is 13.7. The Hall–Kier alpha value is -2.82. The number of benzene rings is 2. The van der Waals surface area contributed by atoms with Crippen LogP contribution in [0, 0.1) is 10.8 Å². The van der Waals surface area contributed by atoms with E-state index in [0.29, 0.717) is 12.1 Å². The molecule has 164 valence electrons. The highest BCUT2D eigenvalue weighted by Gasteiger charge is 2.51. The number of nitrogens with zero attached hydrogens (tertiary/aromatic N) is 1. The van der Waals surface area contributed by atoms with Crippen molar-refractivity contribution in [1.29, 1.82) is 0 Å². The van der Waals surface area contributed by atoms with Crippen molar-refractivity contribution in [3.63, 3.8) is 0 Å². The number of urea groups is 1. The van der Waals surface area contributed by atoms with E-state index in [1.807, 2.05) is 65.6 Å². The van der Waals surface area contributed by atoms with Gasteiger partial charge in [0.1, 0.15) is 6.04 Å². The maximum Gasteiger partial charge on any atom is 0.319 e. The van der Waals surface area contributed by atoms with Crippen molar-refractivity contribution in [2.75, 3.05) is 11.9 Å². The number of nitrogens with one attached hydrogen (secondary N) is 2. The van der Waals surface area contributed by atoms with Crippen LogP contribution in [0.15, 0.2) is 60.7 Å². The highest BCUT2D eigenvalue weighted by atomic mass is 16.2. The molecule has 2 aromatic rings. The second-order valence-corrected chi connectivity index (χ2v) is 10.4. The van der Waals surface area contributed by atoms with E-state index in [1.54, 1.807) is 0 Å². The summed E-state index contributed by atoms with van der Waals surface area (Å²) < 4.78 is 0. The second kappa shape index (κ2) is 8.37. The Labute approximate surface area is 185 Å². The topological polar surface area (TPSA) is 61.4 Å². The summed E-state index contributed by atoms with van der Waals surface area (Å²) in [5.74, 6) is 0.0264. The molecule has 3 atom stereocenters. The minimum absolute atomic E-state index is 0.0264. The number of amides is 3. The van der Waals surface area contributed by atoms with Crippen LogP contribution in [0.1, 0.15) is 45.6 Å². The molecule has 2 aliphatic rings. The van der Waals surface area contributed by atoms with E-state index in [-0.39, 0.29) is 28.8 Å². The van der Waals surface area contributed by atoms with Gasteiger partial charge in [0.2, 0.25) is 5.91 Å². The smallest absolute Gasteiger partial charge is 0.319 e. The fourth-order valence-corrected chi connectivity index (χ4v) is 5.81. The number of carbonyl (C=O) groups is 2. The average Bonchev–Trinajstić information content (AvgIpc) is 2.97. The zero-order valence-corrected chi connectivity index (χ0v) is 18.7. The van der Waals surface area contributed by atoms with Gasteiger partial charge in [-0.3, -0.25) is 4.79 Å². The minimum atomic E-state index is -0.600. The van der Waals surface area contributed by atoms with Gasteiger partial charge in [0.25, 0.3) is 0 Å². The molecule has 2 aromatic carbocycles. The monoisotopic (exact) mass is 419 g/mol. The molecule has 31 heavy (non-hydrogen) atoms. The number of anilines is 1. The van der Waals surface area contributed by atoms with Gasteiger partial charge in [0.15, 0.2) is 0 Å². The van der Waals surface area contributed by atoms with E-state index in [1.165, 1.54) is 0 Å². The fourth-order valence-electron chi connectivity index (χ4n) is 5.81. The lowest BCUT2D eigenvalue weighted by Gasteiger charge is -2.39. The highest BCUT2D eigenvalue weighted by Crippen LogP contribution is 2.52. The Balaban J connectivity index is 1.52. The molecule has 1 saturated carbocycles. The average molecular weight is 420 g/mol. The van der Waals surface area contributed by atoms with Gasteiger partial charge in [0.05, 0.1) is 0 Å². The second-order valence-electron chi connectivity index (χ2n) is 10.4. The molecule has 4 rings (SSSR count). The van der Waals surface area contributed by atoms with E-state index in [2.05, 4.69) is 31.4 Å². The normalized spacial score (nSPS) is 25.0. The minimum Gasteiger partial charge on any atom is -0.337 e. The summed E-state index contributed by atoms with van der Waals surface area (Å²) in [6.07, 6.45) is 3.68. The molecule has 3 unspecified atom stereocenters. The number of fused-ring (bicyclic) bond motifs is 2. The molecular weight excluding hydrogens is 386 g/mol. The van der Waals surface area contributed by atoms with Crippen LogP contribution in [0.4, 0.5) is 10.5 Å². The molecule has 2 N–H and O–H groups in total. The van der Waals surface area contributed by atoms with Gasteiger partial charge in [-0.05, 0) is 47.8 Å². The van der Waals surface area contributed by atoms with Crippen molar-refractivity contribution in [3.05, 3.63) is 66.2 Å². The van der Waals surface area contributed by atoms with Crippen LogP contribution in [-0.2, 0) is 11.2 Å². The van der Waals surface area contributed by atoms with Gasteiger partial charge in [-0.1, -0.05) is 69.3 Å². The third-order valence-electron chi connectivity index (χ3n) is 6.62. The summed E-state index contributed by atoms with van der Waals surface area (Å²) in [6.45, 7) is 7.68. The first-order chi connectivity index (χ1) is 14.7. The first-order valence-electron chi connectivity index (χ1n) is 11.2. The molecule has 5 nitrogen and oxygen atoms in total. The summed E-state index contributed by atoms with van der Waals surface area (Å²) in [7, 11) is 0. The molecule has 1 heterocycles. The van der Waals surface area contributed by atoms with Crippen LogP contribution in [-0.4, -0.2) is 35.5 Å². The summed E-state index contributed by atoms with van der Waals surface area (Å²) >= 11 is 0. The molecule has 3 amide bonds. The molecule has 0 aromatic heterocycles. The van der Waals surface area contributed by atoms with Crippen LogP contribution in [0.3, 0.4) is 0 Å².